The molecule has 0 spiro atoms. The van der Waals surface area contributed by atoms with Crippen molar-refractivity contribution in [3.05, 3.63) is 24.4 Å². The molecule has 1 aliphatic rings. The van der Waals surface area contributed by atoms with Gasteiger partial charge in [-0.25, -0.2) is 9.67 Å². The van der Waals surface area contributed by atoms with Gasteiger partial charge in [-0.2, -0.15) is 10.1 Å². The van der Waals surface area contributed by atoms with Crippen LogP contribution in [0.5, 0.6) is 0 Å². The molecule has 0 N–H and O–H groups in total. The largest absolute Gasteiger partial charge is 0.341 e. The van der Waals surface area contributed by atoms with Gasteiger partial charge < -0.3 is 9.42 Å². The second kappa shape index (κ2) is 7.34. The maximum Gasteiger partial charge on any atom is 0.227 e. The van der Waals surface area contributed by atoms with Gasteiger partial charge in [0.25, 0.3) is 0 Å². The summed E-state index contributed by atoms with van der Waals surface area (Å²) in [5, 5.41) is 8.09. The van der Waals surface area contributed by atoms with Crippen LogP contribution >= 0.6 is 0 Å². The van der Waals surface area contributed by atoms with E-state index in [2.05, 4.69) is 27.1 Å². The lowest BCUT2D eigenvalue weighted by Gasteiger charge is -2.32. The third-order valence-corrected chi connectivity index (χ3v) is 4.10. The normalized spacial score (nSPS) is 18.3. The zero-order valence-corrected chi connectivity index (χ0v) is 13.4. The van der Waals surface area contributed by atoms with Gasteiger partial charge in [0.15, 0.2) is 5.82 Å². The number of aromatic nitrogens is 5. The maximum absolute atomic E-state index is 12.4. The number of piperidine rings is 1. The third kappa shape index (κ3) is 3.94. The van der Waals surface area contributed by atoms with Crippen molar-refractivity contribution in [1.29, 1.82) is 0 Å². The minimum absolute atomic E-state index is 0.130. The molecular weight excluding hydrogens is 296 g/mol. The van der Waals surface area contributed by atoms with Crippen LogP contribution in [0.15, 0.2) is 17.2 Å². The van der Waals surface area contributed by atoms with Gasteiger partial charge >= 0.3 is 0 Å². The molecule has 23 heavy (non-hydrogen) atoms. The number of hydrogen-bond donors (Lipinski definition) is 0. The lowest BCUT2D eigenvalue weighted by atomic mass is 10.1. The van der Waals surface area contributed by atoms with E-state index in [-0.39, 0.29) is 11.9 Å². The van der Waals surface area contributed by atoms with Crippen LogP contribution in [0.1, 0.15) is 50.4 Å². The van der Waals surface area contributed by atoms with Crippen LogP contribution in [0.2, 0.25) is 0 Å². The van der Waals surface area contributed by atoms with Crippen molar-refractivity contribution in [1.82, 2.24) is 29.8 Å². The minimum atomic E-state index is 0.130. The molecule has 3 heterocycles. The average Bonchev–Trinajstić information content (AvgIpc) is 3.25. The highest BCUT2D eigenvalue weighted by Crippen LogP contribution is 2.21. The van der Waals surface area contributed by atoms with E-state index < -0.39 is 0 Å². The molecule has 124 valence electrons. The molecule has 1 atom stereocenters. The second-order valence-corrected chi connectivity index (χ2v) is 5.87. The zero-order chi connectivity index (χ0) is 16.1. The molecule has 0 saturated carbocycles. The third-order valence-electron chi connectivity index (χ3n) is 4.10. The monoisotopic (exact) mass is 318 g/mol. The van der Waals surface area contributed by atoms with Crippen molar-refractivity contribution in [3.63, 3.8) is 0 Å². The second-order valence-electron chi connectivity index (χ2n) is 5.87. The number of hydrogen-bond acceptors (Lipinski definition) is 6. The predicted octanol–water partition coefficient (Wildman–Crippen LogP) is 1.41. The van der Waals surface area contributed by atoms with E-state index in [9.17, 15) is 4.79 Å². The Kier molecular flexibility index (Phi) is 4.99. The number of amides is 1. The summed E-state index contributed by atoms with van der Waals surface area (Å²) in [6.07, 6.45) is 7.95. The Bertz CT molecular complexity index is 624. The summed E-state index contributed by atoms with van der Waals surface area (Å²) in [5.74, 6) is 1.40. The number of carbonyl (C=O) groups is 1. The topological polar surface area (TPSA) is 89.9 Å². The lowest BCUT2D eigenvalue weighted by Crippen LogP contribution is -2.40. The standard InChI is InChI=1S/C15H22N6O2/c1-2-4-13-18-14(23-19-13)6-7-15(22)20-8-3-5-12(9-20)21-11-16-10-17-21/h10-12H,2-9H2,1H3/t12-/m1/s1. The summed E-state index contributed by atoms with van der Waals surface area (Å²) < 4.78 is 7.02. The van der Waals surface area contributed by atoms with Crippen LogP contribution < -0.4 is 0 Å². The Labute approximate surface area is 134 Å². The molecule has 0 bridgehead atoms. The highest BCUT2D eigenvalue weighted by atomic mass is 16.5. The first-order valence-electron chi connectivity index (χ1n) is 8.19. The Balaban J connectivity index is 1.51. The van der Waals surface area contributed by atoms with E-state index in [1.807, 2.05) is 9.58 Å². The summed E-state index contributed by atoms with van der Waals surface area (Å²) in [4.78, 5) is 22.6. The summed E-state index contributed by atoms with van der Waals surface area (Å²) in [5.41, 5.74) is 0. The molecule has 1 aliphatic heterocycles. The number of rotatable bonds is 6. The van der Waals surface area contributed by atoms with Crippen molar-refractivity contribution in [2.75, 3.05) is 13.1 Å². The van der Waals surface area contributed by atoms with Crippen molar-refractivity contribution in [2.24, 2.45) is 0 Å². The Morgan fingerprint density at radius 2 is 2.35 bits per heavy atom. The van der Waals surface area contributed by atoms with E-state index in [4.69, 9.17) is 4.52 Å². The fraction of sp³-hybridized carbons (Fsp3) is 0.667. The number of likely N-dealkylation sites (tertiary alicyclic amines) is 1. The molecule has 8 nitrogen and oxygen atoms in total. The van der Waals surface area contributed by atoms with Gasteiger partial charge in [-0.3, -0.25) is 4.79 Å². The van der Waals surface area contributed by atoms with E-state index >= 15 is 0 Å². The molecule has 0 aromatic carbocycles. The molecule has 8 heteroatoms. The maximum atomic E-state index is 12.4. The molecule has 0 unspecified atom stereocenters. The van der Waals surface area contributed by atoms with Crippen LogP contribution in [-0.4, -0.2) is 48.8 Å². The van der Waals surface area contributed by atoms with Gasteiger partial charge in [-0.05, 0) is 19.3 Å². The van der Waals surface area contributed by atoms with Gasteiger partial charge in [-0.15, -0.1) is 0 Å². The van der Waals surface area contributed by atoms with Crippen molar-refractivity contribution in [2.45, 2.75) is 51.5 Å². The fourth-order valence-corrected chi connectivity index (χ4v) is 2.89. The van der Waals surface area contributed by atoms with Crippen LogP contribution in [-0.2, 0) is 17.6 Å². The summed E-state index contributed by atoms with van der Waals surface area (Å²) >= 11 is 0. The molecular formula is C15H22N6O2. The summed E-state index contributed by atoms with van der Waals surface area (Å²) in [6.45, 7) is 3.56. The first-order chi connectivity index (χ1) is 11.3. The van der Waals surface area contributed by atoms with Crippen LogP contribution in [0, 0.1) is 0 Å². The summed E-state index contributed by atoms with van der Waals surface area (Å²) in [6, 6.07) is 0.217. The average molecular weight is 318 g/mol. The van der Waals surface area contributed by atoms with Gasteiger partial charge in [-0.1, -0.05) is 12.1 Å². The van der Waals surface area contributed by atoms with Gasteiger partial charge in [0, 0.05) is 32.4 Å². The number of carbonyl (C=O) groups excluding carboxylic acids is 1. The molecule has 0 radical (unpaired) electrons. The SMILES string of the molecule is CCCc1noc(CCC(=O)N2CCC[C@@H](n3cncn3)C2)n1. The molecule has 3 rings (SSSR count). The van der Waals surface area contributed by atoms with Gasteiger partial charge in [0.1, 0.15) is 12.7 Å². The highest BCUT2D eigenvalue weighted by Gasteiger charge is 2.25. The van der Waals surface area contributed by atoms with Gasteiger partial charge in [0.2, 0.25) is 11.8 Å². The van der Waals surface area contributed by atoms with E-state index in [0.717, 1.165) is 38.1 Å². The van der Waals surface area contributed by atoms with Crippen molar-refractivity contribution in [3.8, 4) is 0 Å². The van der Waals surface area contributed by atoms with E-state index in [0.29, 0.717) is 25.3 Å². The molecule has 1 saturated heterocycles. The Hall–Kier alpha value is -2.25. The molecule has 1 amide bonds. The zero-order valence-electron chi connectivity index (χ0n) is 13.4. The number of nitrogens with zero attached hydrogens (tertiary/aromatic N) is 6. The van der Waals surface area contributed by atoms with Gasteiger partial charge in [0.05, 0.1) is 6.04 Å². The quantitative estimate of drug-likeness (QED) is 0.800. The van der Waals surface area contributed by atoms with Crippen molar-refractivity contribution < 1.29 is 9.32 Å². The van der Waals surface area contributed by atoms with Crippen molar-refractivity contribution >= 4 is 5.91 Å². The Morgan fingerprint density at radius 3 is 3.13 bits per heavy atom. The Morgan fingerprint density at radius 1 is 1.43 bits per heavy atom. The number of aryl methyl sites for hydroxylation is 2. The predicted molar refractivity (Wildman–Crippen MR) is 81.5 cm³/mol. The molecule has 1 fully saturated rings. The minimum Gasteiger partial charge on any atom is -0.341 e. The fourth-order valence-electron chi connectivity index (χ4n) is 2.89. The smallest absolute Gasteiger partial charge is 0.227 e. The van der Waals surface area contributed by atoms with Crippen LogP contribution in [0.3, 0.4) is 0 Å². The lowest BCUT2D eigenvalue weighted by molar-refractivity contribution is -0.133. The summed E-state index contributed by atoms with van der Waals surface area (Å²) in [7, 11) is 0. The van der Waals surface area contributed by atoms with Crippen LogP contribution in [0.4, 0.5) is 0 Å². The van der Waals surface area contributed by atoms with E-state index in [1.165, 1.54) is 6.33 Å². The molecule has 0 aliphatic carbocycles. The molecule has 2 aromatic heterocycles. The highest BCUT2D eigenvalue weighted by molar-refractivity contribution is 5.76. The molecule has 2 aromatic rings. The first kappa shape index (κ1) is 15.6. The van der Waals surface area contributed by atoms with E-state index in [1.54, 1.807) is 6.33 Å². The first-order valence-corrected chi connectivity index (χ1v) is 8.19. The van der Waals surface area contributed by atoms with Crippen LogP contribution in [0.25, 0.3) is 0 Å².